The Bertz CT molecular complexity index is 677. The van der Waals surface area contributed by atoms with Gasteiger partial charge in [-0.25, -0.2) is 4.57 Å². The highest BCUT2D eigenvalue weighted by Crippen LogP contribution is 2.25. The van der Waals surface area contributed by atoms with E-state index in [0.717, 1.165) is 24.3 Å². The maximum atomic E-state index is 11.0. The molecule has 1 aliphatic rings. The quantitative estimate of drug-likeness (QED) is 0.638. The second-order valence-electron chi connectivity index (χ2n) is 5.34. The fourth-order valence-electron chi connectivity index (χ4n) is 2.69. The van der Waals surface area contributed by atoms with Crippen molar-refractivity contribution in [1.82, 2.24) is 9.55 Å². The molecule has 0 unspecified atom stereocenters. The van der Waals surface area contributed by atoms with Crippen LogP contribution in [0.1, 0.15) is 11.1 Å². The average molecular weight is 302 g/mol. The van der Waals surface area contributed by atoms with Gasteiger partial charge in [-0.3, -0.25) is 0 Å². The van der Waals surface area contributed by atoms with Crippen molar-refractivity contribution in [2.45, 2.75) is 13.5 Å². The predicted molar refractivity (Wildman–Crippen MR) is 82.2 cm³/mol. The number of anilines is 1. The van der Waals surface area contributed by atoms with Gasteiger partial charge in [-0.2, -0.15) is 0 Å². The molecular weight excluding hydrogens is 284 g/mol. The van der Waals surface area contributed by atoms with E-state index in [1.54, 1.807) is 10.8 Å². The molecule has 0 N–H and O–H groups in total. The van der Waals surface area contributed by atoms with E-state index in [4.69, 9.17) is 4.74 Å². The summed E-state index contributed by atoms with van der Waals surface area (Å²) in [5.74, 6) is -0.131. The molecule has 0 spiro atoms. The Hall–Kier alpha value is -2.41. The van der Waals surface area contributed by atoms with Gasteiger partial charge in [-0.15, -0.1) is 0 Å². The van der Waals surface area contributed by atoms with E-state index >= 15 is 0 Å². The molecule has 22 heavy (non-hydrogen) atoms. The topological polar surface area (TPSA) is 73.4 Å². The van der Waals surface area contributed by atoms with Crippen LogP contribution in [-0.2, 0) is 11.3 Å². The number of ether oxygens (including phenoxy) is 1. The summed E-state index contributed by atoms with van der Waals surface area (Å²) in [6, 6.07) is 6.19. The molecule has 0 atom stereocenters. The highest BCUT2D eigenvalue weighted by Gasteiger charge is 2.19. The molecule has 0 radical (unpaired) electrons. The van der Waals surface area contributed by atoms with E-state index in [9.17, 15) is 10.1 Å². The molecule has 3 rings (SSSR count). The third kappa shape index (κ3) is 2.94. The van der Waals surface area contributed by atoms with Crippen molar-refractivity contribution < 1.29 is 9.66 Å². The van der Waals surface area contributed by atoms with Gasteiger partial charge in [0.05, 0.1) is 19.8 Å². The molecule has 1 saturated heterocycles. The Labute approximate surface area is 128 Å². The molecule has 7 nitrogen and oxygen atoms in total. The molecule has 0 bridgehead atoms. The second kappa shape index (κ2) is 6.15. The third-order valence-corrected chi connectivity index (χ3v) is 3.79. The van der Waals surface area contributed by atoms with Crippen LogP contribution in [-0.4, -0.2) is 40.8 Å². The van der Waals surface area contributed by atoms with E-state index < -0.39 is 4.92 Å². The second-order valence-corrected chi connectivity index (χ2v) is 5.34. The van der Waals surface area contributed by atoms with Crippen molar-refractivity contribution in [2.75, 3.05) is 31.2 Å². The summed E-state index contributed by atoms with van der Waals surface area (Å²) in [6.45, 7) is 5.57. The van der Waals surface area contributed by atoms with E-state index in [2.05, 4.69) is 16.0 Å². The molecule has 1 fully saturated rings. The maximum absolute atomic E-state index is 11.0. The molecule has 1 aliphatic heterocycles. The first-order chi connectivity index (χ1) is 10.6. The number of benzene rings is 1. The van der Waals surface area contributed by atoms with Crippen LogP contribution >= 0.6 is 0 Å². The summed E-state index contributed by atoms with van der Waals surface area (Å²) in [5.41, 5.74) is 3.34. The SMILES string of the molecule is Cc1ccc(Cn2ccnc2[N+](=O)[O-])c(N2CCOCC2)c1. The molecule has 0 aliphatic carbocycles. The van der Waals surface area contributed by atoms with Crippen LogP contribution in [0, 0.1) is 17.0 Å². The summed E-state index contributed by atoms with van der Waals surface area (Å²) in [4.78, 5) is 16.6. The lowest BCUT2D eigenvalue weighted by atomic mass is 10.1. The lowest BCUT2D eigenvalue weighted by molar-refractivity contribution is -0.396. The molecule has 0 amide bonds. The van der Waals surface area contributed by atoms with Gasteiger partial charge in [0.25, 0.3) is 0 Å². The van der Waals surface area contributed by atoms with Gasteiger partial charge < -0.3 is 19.8 Å². The first kappa shape index (κ1) is 14.5. The van der Waals surface area contributed by atoms with Crippen LogP contribution in [0.25, 0.3) is 0 Å². The van der Waals surface area contributed by atoms with Crippen molar-refractivity contribution in [3.63, 3.8) is 0 Å². The van der Waals surface area contributed by atoms with Crippen molar-refractivity contribution in [3.05, 3.63) is 51.8 Å². The molecule has 7 heteroatoms. The normalized spacial score (nSPS) is 15.0. The monoisotopic (exact) mass is 302 g/mol. The third-order valence-electron chi connectivity index (χ3n) is 3.79. The predicted octanol–water partition coefficient (Wildman–Crippen LogP) is 1.98. The van der Waals surface area contributed by atoms with Crippen molar-refractivity contribution in [2.24, 2.45) is 0 Å². The molecular formula is C15H18N4O3. The van der Waals surface area contributed by atoms with E-state index in [1.165, 1.54) is 11.8 Å². The van der Waals surface area contributed by atoms with Gasteiger partial charge >= 0.3 is 5.95 Å². The molecule has 2 heterocycles. The molecule has 2 aromatic rings. The van der Waals surface area contributed by atoms with Crippen LogP contribution in [0.15, 0.2) is 30.6 Å². The smallest absolute Gasteiger partial charge is 0.390 e. The minimum atomic E-state index is -0.456. The lowest BCUT2D eigenvalue weighted by Crippen LogP contribution is -2.37. The van der Waals surface area contributed by atoms with Crippen molar-refractivity contribution in [3.8, 4) is 0 Å². The van der Waals surface area contributed by atoms with Crippen LogP contribution in [0.5, 0.6) is 0 Å². The number of aromatic nitrogens is 2. The van der Waals surface area contributed by atoms with Crippen molar-refractivity contribution >= 4 is 11.6 Å². The van der Waals surface area contributed by atoms with E-state index in [0.29, 0.717) is 19.8 Å². The Balaban J connectivity index is 1.92. The number of rotatable bonds is 4. The number of nitro groups is 1. The Morgan fingerprint density at radius 1 is 1.36 bits per heavy atom. The first-order valence-corrected chi connectivity index (χ1v) is 7.23. The van der Waals surface area contributed by atoms with Crippen LogP contribution in [0.4, 0.5) is 11.6 Å². The zero-order chi connectivity index (χ0) is 15.5. The van der Waals surface area contributed by atoms with E-state index in [-0.39, 0.29) is 5.95 Å². The fraction of sp³-hybridized carbons (Fsp3) is 0.400. The summed E-state index contributed by atoms with van der Waals surface area (Å²) in [5, 5.41) is 11.0. The Morgan fingerprint density at radius 2 is 2.14 bits per heavy atom. The van der Waals surface area contributed by atoms with Crippen molar-refractivity contribution in [1.29, 1.82) is 0 Å². The minimum absolute atomic E-state index is 0.131. The summed E-state index contributed by atoms with van der Waals surface area (Å²) in [6.07, 6.45) is 3.10. The van der Waals surface area contributed by atoms with Gasteiger partial charge in [0, 0.05) is 24.3 Å². The van der Waals surface area contributed by atoms with Gasteiger partial charge in [0.1, 0.15) is 12.4 Å². The number of hydrogen-bond donors (Lipinski definition) is 0. The summed E-state index contributed by atoms with van der Waals surface area (Å²) < 4.78 is 6.97. The number of imidazole rings is 1. The highest BCUT2D eigenvalue weighted by atomic mass is 16.6. The van der Waals surface area contributed by atoms with Crippen LogP contribution < -0.4 is 4.90 Å². The Morgan fingerprint density at radius 3 is 2.86 bits per heavy atom. The standard InChI is InChI=1S/C15H18N4O3/c1-12-2-3-13(11-18-5-4-16-15(18)19(20)21)14(10-12)17-6-8-22-9-7-17/h2-5,10H,6-9,11H2,1H3. The molecule has 0 saturated carbocycles. The first-order valence-electron chi connectivity index (χ1n) is 7.23. The number of hydrogen-bond acceptors (Lipinski definition) is 5. The minimum Gasteiger partial charge on any atom is -0.390 e. The maximum Gasteiger partial charge on any atom is 0.434 e. The summed E-state index contributed by atoms with van der Waals surface area (Å²) in [7, 11) is 0. The fourth-order valence-corrected chi connectivity index (χ4v) is 2.69. The Kier molecular flexibility index (Phi) is 4.06. The highest BCUT2D eigenvalue weighted by molar-refractivity contribution is 5.56. The number of aryl methyl sites for hydroxylation is 1. The number of morpholine rings is 1. The van der Waals surface area contributed by atoms with Crippen LogP contribution in [0.2, 0.25) is 0 Å². The lowest BCUT2D eigenvalue weighted by Gasteiger charge is -2.30. The van der Waals surface area contributed by atoms with Crippen LogP contribution in [0.3, 0.4) is 0 Å². The number of nitrogens with zero attached hydrogens (tertiary/aromatic N) is 4. The average Bonchev–Trinajstić information content (AvgIpc) is 2.98. The largest absolute Gasteiger partial charge is 0.434 e. The molecule has 1 aromatic heterocycles. The van der Waals surface area contributed by atoms with E-state index in [1.807, 2.05) is 19.1 Å². The van der Waals surface area contributed by atoms with Gasteiger partial charge in [0.15, 0.2) is 0 Å². The summed E-state index contributed by atoms with van der Waals surface area (Å²) >= 11 is 0. The zero-order valence-electron chi connectivity index (χ0n) is 12.4. The van der Waals surface area contributed by atoms with Gasteiger partial charge in [-0.05, 0) is 23.5 Å². The van der Waals surface area contributed by atoms with Gasteiger partial charge in [-0.1, -0.05) is 17.1 Å². The zero-order valence-corrected chi connectivity index (χ0v) is 12.4. The molecule has 116 valence electrons. The van der Waals surface area contributed by atoms with Gasteiger partial charge in [0.2, 0.25) is 0 Å². The molecule has 1 aromatic carbocycles.